The molecule has 18 heavy (non-hydrogen) atoms. The van der Waals surface area contributed by atoms with Crippen molar-refractivity contribution in [3.8, 4) is 5.75 Å². The summed E-state index contributed by atoms with van der Waals surface area (Å²) in [5.41, 5.74) is 0.213. The Balaban J connectivity index is 0.000000810. The average molecular weight is 291 g/mol. The normalized spacial score (nSPS) is 20.1. The molecule has 0 radical (unpaired) electrons. The van der Waals surface area contributed by atoms with Crippen molar-refractivity contribution in [2.75, 3.05) is 13.1 Å². The number of rotatable bonds is 0. The second-order valence-corrected chi connectivity index (χ2v) is 4.49. The molecule has 0 amide bonds. The van der Waals surface area contributed by atoms with Gasteiger partial charge in [0.15, 0.2) is 5.78 Å². The number of fused-ring (bicyclic) bond motifs is 1. The van der Waals surface area contributed by atoms with E-state index >= 15 is 0 Å². The number of aromatic nitrogens is 1. The fraction of sp³-hybridized carbons (Fsp3) is 0.500. The predicted molar refractivity (Wildman–Crippen MR) is 73.1 cm³/mol. The van der Waals surface area contributed by atoms with Crippen LogP contribution in [0.2, 0.25) is 0 Å². The third-order valence-electron chi connectivity index (χ3n) is 3.36. The number of ketones is 1. The van der Waals surface area contributed by atoms with Crippen LogP contribution in [0, 0.1) is 0 Å². The topological polar surface area (TPSA) is 51.2 Å². The molecule has 3 heterocycles. The van der Waals surface area contributed by atoms with E-state index < -0.39 is 0 Å². The molecule has 1 N–H and O–H groups in total. The van der Waals surface area contributed by atoms with E-state index in [4.69, 9.17) is 4.74 Å². The number of Topliss-reactive ketones (excluding diaryl/α,β-unsaturated/α-hetero) is 1. The van der Waals surface area contributed by atoms with E-state index in [-0.39, 0.29) is 36.2 Å². The van der Waals surface area contributed by atoms with E-state index in [1.165, 1.54) is 0 Å². The van der Waals surface area contributed by atoms with Gasteiger partial charge in [0.1, 0.15) is 17.0 Å². The van der Waals surface area contributed by atoms with Crippen LogP contribution in [0.5, 0.6) is 5.75 Å². The van der Waals surface area contributed by atoms with Gasteiger partial charge in [-0.2, -0.15) is 0 Å². The predicted octanol–water partition coefficient (Wildman–Crippen LogP) is 2.01. The molecule has 6 heteroatoms. The number of hydrogen-bond donors (Lipinski definition) is 1. The molecule has 0 unspecified atom stereocenters. The lowest BCUT2D eigenvalue weighted by molar-refractivity contribution is 0.0178. The molecule has 0 aliphatic carbocycles. The molecule has 4 nitrogen and oxygen atoms in total. The second kappa shape index (κ2) is 5.87. The molecule has 1 spiro atoms. The van der Waals surface area contributed by atoms with Gasteiger partial charge in [-0.15, -0.1) is 24.8 Å². The van der Waals surface area contributed by atoms with Gasteiger partial charge >= 0.3 is 0 Å². The third kappa shape index (κ3) is 2.60. The Labute approximate surface area is 118 Å². The van der Waals surface area contributed by atoms with Crippen LogP contribution in [-0.4, -0.2) is 29.5 Å². The summed E-state index contributed by atoms with van der Waals surface area (Å²) in [5, 5.41) is 3.29. The first-order chi connectivity index (χ1) is 7.79. The first-order valence-electron chi connectivity index (χ1n) is 5.67. The van der Waals surface area contributed by atoms with Crippen LogP contribution < -0.4 is 10.1 Å². The maximum Gasteiger partial charge on any atom is 0.188 e. The zero-order chi connectivity index (χ0) is 11.0. The van der Waals surface area contributed by atoms with Crippen molar-refractivity contribution in [1.82, 2.24) is 10.3 Å². The average Bonchev–Trinajstić information content (AvgIpc) is 2.30. The summed E-state index contributed by atoms with van der Waals surface area (Å²) in [5.74, 6) is 0.768. The summed E-state index contributed by atoms with van der Waals surface area (Å²) in [6.07, 6.45) is 3.90. The molecule has 0 saturated carbocycles. The Hall–Kier alpha value is -0.840. The third-order valence-corrected chi connectivity index (χ3v) is 3.36. The molecule has 0 bridgehead atoms. The summed E-state index contributed by atoms with van der Waals surface area (Å²) < 4.78 is 6.01. The Kier molecular flexibility index (Phi) is 4.96. The van der Waals surface area contributed by atoms with Crippen LogP contribution in [0.4, 0.5) is 0 Å². The standard InChI is InChI=1S/C12H14N2O2.2ClH/c15-9-8-12(3-6-13-7-4-12)16-10-2-1-5-14-11(9)10;;/h1-2,5,13H,3-4,6-8H2;2*1H. The van der Waals surface area contributed by atoms with Crippen LogP contribution in [0.1, 0.15) is 29.8 Å². The zero-order valence-electron chi connectivity index (χ0n) is 9.85. The molecule has 1 fully saturated rings. The Morgan fingerprint density at radius 2 is 2.00 bits per heavy atom. The Morgan fingerprint density at radius 3 is 2.72 bits per heavy atom. The van der Waals surface area contributed by atoms with Crippen LogP contribution in [0.3, 0.4) is 0 Å². The number of carbonyl (C=O) groups is 1. The first kappa shape index (κ1) is 15.2. The molecule has 3 rings (SSSR count). The minimum Gasteiger partial charge on any atom is -0.484 e. The summed E-state index contributed by atoms with van der Waals surface area (Å²) in [6, 6.07) is 3.65. The van der Waals surface area contributed by atoms with Gasteiger partial charge < -0.3 is 10.1 Å². The molecular weight excluding hydrogens is 275 g/mol. The number of carbonyl (C=O) groups excluding carboxylic acids is 1. The van der Waals surface area contributed by atoms with Gasteiger partial charge in [0.2, 0.25) is 0 Å². The van der Waals surface area contributed by atoms with Crippen molar-refractivity contribution in [1.29, 1.82) is 0 Å². The molecule has 2 aliphatic rings. The molecule has 1 saturated heterocycles. The number of halogens is 2. The van der Waals surface area contributed by atoms with E-state index in [0.29, 0.717) is 17.9 Å². The molecule has 100 valence electrons. The number of piperidine rings is 1. The van der Waals surface area contributed by atoms with E-state index in [1.807, 2.05) is 12.1 Å². The largest absolute Gasteiger partial charge is 0.484 e. The van der Waals surface area contributed by atoms with E-state index in [2.05, 4.69) is 10.3 Å². The number of hydrogen-bond acceptors (Lipinski definition) is 4. The minimum absolute atomic E-state index is 0. The number of pyridine rings is 1. The van der Waals surface area contributed by atoms with E-state index in [9.17, 15) is 4.79 Å². The summed E-state index contributed by atoms with van der Waals surface area (Å²) in [4.78, 5) is 16.1. The Morgan fingerprint density at radius 1 is 1.28 bits per heavy atom. The van der Waals surface area contributed by atoms with Gasteiger partial charge in [0, 0.05) is 19.0 Å². The molecule has 1 aromatic heterocycles. The highest BCUT2D eigenvalue weighted by Gasteiger charge is 2.41. The highest BCUT2D eigenvalue weighted by molar-refractivity contribution is 5.98. The summed E-state index contributed by atoms with van der Waals surface area (Å²) >= 11 is 0. The van der Waals surface area contributed by atoms with Crippen LogP contribution in [0.15, 0.2) is 18.3 Å². The fourth-order valence-electron chi connectivity index (χ4n) is 2.49. The van der Waals surface area contributed by atoms with Gasteiger partial charge in [0.25, 0.3) is 0 Å². The van der Waals surface area contributed by atoms with Crippen LogP contribution >= 0.6 is 24.8 Å². The van der Waals surface area contributed by atoms with Gasteiger partial charge in [0.05, 0.1) is 6.42 Å². The van der Waals surface area contributed by atoms with Crippen molar-refractivity contribution < 1.29 is 9.53 Å². The number of ether oxygens (including phenoxy) is 1. The lowest BCUT2D eigenvalue weighted by Gasteiger charge is -2.40. The highest BCUT2D eigenvalue weighted by atomic mass is 35.5. The van der Waals surface area contributed by atoms with Gasteiger partial charge in [-0.25, -0.2) is 4.98 Å². The van der Waals surface area contributed by atoms with E-state index in [1.54, 1.807) is 6.20 Å². The number of nitrogens with zero attached hydrogens (tertiary/aromatic N) is 1. The van der Waals surface area contributed by atoms with Crippen LogP contribution in [-0.2, 0) is 0 Å². The fourth-order valence-corrected chi connectivity index (χ4v) is 2.49. The quantitative estimate of drug-likeness (QED) is 0.794. The monoisotopic (exact) mass is 290 g/mol. The van der Waals surface area contributed by atoms with Gasteiger partial charge in [-0.3, -0.25) is 4.79 Å². The zero-order valence-corrected chi connectivity index (χ0v) is 11.5. The number of nitrogens with one attached hydrogen (secondary N) is 1. The summed E-state index contributed by atoms with van der Waals surface area (Å²) in [7, 11) is 0. The molecule has 2 aliphatic heterocycles. The van der Waals surface area contributed by atoms with Crippen molar-refractivity contribution >= 4 is 30.6 Å². The van der Waals surface area contributed by atoms with Crippen LogP contribution in [0.25, 0.3) is 0 Å². The van der Waals surface area contributed by atoms with Crippen molar-refractivity contribution in [3.05, 3.63) is 24.0 Å². The van der Waals surface area contributed by atoms with Gasteiger partial charge in [-0.1, -0.05) is 0 Å². The maximum absolute atomic E-state index is 12.0. The smallest absolute Gasteiger partial charge is 0.188 e. The Bertz CT molecular complexity index is 434. The lowest BCUT2D eigenvalue weighted by atomic mass is 9.84. The SMILES string of the molecule is Cl.Cl.O=C1CC2(CCNCC2)Oc2cccnc21. The molecule has 1 aromatic rings. The van der Waals surface area contributed by atoms with Gasteiger partial charge in [-0.05, 0) is 25.2 Å². The maximum atomic E-state index is 12.0. The first-order valence-corrected chi connectivity index (χ1v) is 5.67. The molecule has 0 atom stereocenters. The second-order valence-electron chi connectivity index (χ2n) is 4.49. The van der Waals surface area contributed by atoms with E-state index in [0.717, 1.165) is 25.9 Å². The minimum atomic E-state index is -0.279. The highest BCUT2D eigenvalue weighted by Crippen LogP contribution is 2.36. The molecular formula is C12H16Cl2N2O2. The van der Waals surface area contributed by atoms with Crippen molar-refractivity contribution in [2.45, 2.75) is 24.9 Å². The van der Waals surface area contributed by atoms with Crippen molar-refractivity contribution in [2.24, 2.45) is 0 Å². The lowest BCUT2D eigenvalue weighted by Crippen LogP contribution is -2.49. The summed E-state index contributed by atoms with van der Waals surface area (Å²) in [6.45, 7) is 1.84. The molecule has 0 aromatic carbocycles. The van der Waals surface area contributed by atoms with Crippen molar-refractivity contribution in [3.63, 3.8) is 0 Å².